The Kier molecular flexibility index (Phi) is 7.04. The van der Waals surface area contributed by atoms with Crippen LogP contribution in [0.3, 0.4) is 0 Å². The minimum atomic E-state index is -0.604. The maximum atomic E-state index is 13.3. The van der Waals surface area contributed by atoms with Gasteiger partial charge in [-0.1, -0.05) is 23.7 Å². The highest BCUT2D eigenvalue weighted by atomic mass is 35.5. The lowest BCUT2D eigenvalue weighted by Crippen LogP contribution is -2.41. The number of thiophene rings is 1. The lowest BCUT2D eigenvalue weighted by Gasteiger charge is -2.13. The van der Waals surface area contributed by atoms with Crippen molar-refractivity contribution in [3.8, 4) is 17.2 Å². The predicted molar refractivity (Wildman–Crippen MR) is 133 cm³/mol. The van der Waals surface area contributed by atoms with E-state index in [1.807, 2.05) is 18.2 Å². The van der Waals surface area contributed by atoms with Crippen LogP contribution in [0.25, 0.3) is 15.9 Å². The standard InChI is InChI=1S/C24H22ClN3O5S/c1-32-19-7-6-15(12-20(19)33-2)8-10-26-21(29)14-27-18-9-11-34-22(18)23(30)28(24(27)31)17-5-3-4-16(25)13-17/h3-7,9,11-13H,8,10,14H2,1-2H3,(H,26,29). The summed E-state index contributed by atoms with van der Waals surface area (Å²) in [5, 5.41) is 4.96. The average molecular weight is 500 g/mol. The third-order valence-electron chi connectivity index (χ3n) is 5.31. The van der Waals surface area contributed by atoms with Crippen molar-refractivity contribution in [1.29, 1.82) is 0 Å². The molecule has 0 saturated heterocycles. The molecule has 10 heteroatoms. The first kappa shape index (κ1) is 23.6. The number of benzene rings is 2. The monoisotopic (exact) mass is 499 g/mol. The van der Waals surface area contributed by atoms with E-state index in [1.54, 1.807) is 43.9 Å². The third-order valence-corrected chi connectivity index (χ3v) is 6.43. The van der Waals surface area contributed by atoms with Crippen molar-refractivity contribution in [1.82, 2.24) is 14.5 Å². The lowest BCUT2D eigenvalue weighted by molar-refractivity contribution is -0.121. The molecule has 0 unspecified atom stereocenters. The maximum absolute atomic E-state index is 13.3. The van der Waals surface area contributed by atoms with Crippen LogP contribution in [-0.2, 0) is 17.8 Å². The van der Waals surface area contributed by atoms with Gasteiger partial charge in [0.25, 0.3) is 5.56 Å². The first-order valence-electron chi connectivity index (χ1n) is 10.4. The molecule has 0 aliphatic heterocycles. The van der Waals surface area contributed by atoms with E-state index in [1.165, 1.54) is 22.0 Å². The van der Waals surface area contributed by atoms with Crippen LogP contribution in [0.4, 0.5) is 0 Å². The van der Waals surface area contributed by atoms with Gasteiger partial charge in [0.15, 0.2) is 11.5 Å². The van der Waals surface area contributed by atoms with E-state index in [9.17, 15) is 14.4 Å². The fraction of sp³-hybridized carbons (Fsp3) is 0.208. The van der Waals surface area contributed by atoms with Gasteiger partial charge in [-0.2, -0.15) is 0 Å². The first-order valence-corrected chi connectivity index (χ1v) is 11.6. The first-order chi connectivity index (χ1) is 16.4. The highest BCUT2D eigenvalue weighted by Crippen LogP contribution is 2.27. The Labute approximate surface area is 203 Å². The summed E-state index contributed by atoms with van der Waals surface area (Å²) in [5.74, 6) is 0.900. The van der Waals surface area contributed by atoms with Crippen molar-refractivity contribution in [2.24, 2.45) is 0 Å². The van der Waals surface area contributed by atoms with Crippen molar-refractivity contribution in [2.75, 3.05) is 20.8 Å². The number of methoxy groups -OCH3 is 2. The lowest BCUT2D eigenvalue weighted by atomic mass is 10.1. The summed E-state index contributed by atoms with van der Waals surface area (Å²) in [6.45, 7) is 0.141. The summed E-state index contributed by atoms with van der Waals surface area (Å²) in [6.07, 6.45) is 0.566. The number of amides is 1. The molecular weight excluding hydrogens is 478 g/mol. The van der Waals surface area contributed by atoms with Crippen LogP contribution < -0.4 is 26.0 Å². The molecule has 4 rings (SSSR count). The van der Waals surface area contributed by atoms with Gasteiger partial charge >= 0.3 is 5.69 Å². The van der Waals surface area contributed by atoms with Crippen molar-refractivity contribution < 1.29 is 14.3 Å². The summed E-state index contributed by atoms with van der Waals surface area (Å²) in [6, 6.07) is 13.7. The van der Waals surface area contributed by atoms with E-state index in [0.717, 1.165) is 10.1 Å². The smallest absolute Gasteiger partial charge is 0.336 e. The van der Waals surface area contributed by atoms with Gasteiger partial charge in [0.1, 0.15) is 11.2 Å². The zero-order valence-corrected chi connectivity index (χ0v) is 20.1. The minimum absolute atomic E-state index is 0.223. The second-order valence-electron chi connectivity index (χ2n) is 7.41. The fourth-order valence-electron chi connectivity index (χ4n) is 3.66. The van der Waals surface area contributed by atoms with Gasteiger partial charge in [0.05, 0.1) is 25.4 Å². The average Bonchev–Trinajstić information content (AvgIpc) is 3.32. The van der Waals surface area contributed by atoms with E-state index in [0.29, 0.717) is 45.4 Å². The van der Waals surface area contributed by atoms with Gasteiger partial charge in [0, 0.05) is 11.6 Å². The number of halogens is 1. The molecule has 176 valence electrons. The number of nitrogens with zero attached hydrogens (tertiary/aromatic N) is 2. The minimum Gasteiger partial charge on any atom is -0.493 e. The summed E-state index contributed by atoms with van der Waals surface area (Å²) in [5.41, 5.74) is 0.689. The topological polar surface area (TPSA) is 91.6 Å². The van der Waals surface area contributed by atoms with Crippen molar-refractivity contribution in [3.63, 3.8) is 0 Å². The Morgan fingerprint density at radius 2 is 1.85 bits per heavy atom. The highest BCUT2D eigenvalue weighted by Gasteiger charge is 2.17. The second-order valence-corrected chi connectivity index (χ2v) is 8.77. The largest absolute Gasteiger partial charge is 0.493 e. The van der Waals surface area contributed by atoms with Gasteiger partial charge < -0.3 is 14.8 Å². The Balaban J connectivity index is 1.55. The summed E-state index contributed by atoms with van der Waals surface area (Å²) in [4.78, 5) is 39.0. The van der Waals surface area contributed by atoms with Crippen LogP contribution in [0.1, 0.15) is 5.56 Å². The number of carbonyl (C=O) groups excluding carboxylic acids is 1. The number of aromatic nitrogens is 2. The van der Waals surface area contributed by atoms with Gasteiger partial charge in [0.2, 0.25) is 5.91 Å². The molecule has 4 aromatic rings. The van der Waals surface area contributed by atoms with Gasteiger partial charge in [-0.25, -0.2) is 9.36 Å². The summed E-state index contributed by atoms with van der Waals surface area (Å²) >= 11 is 7.28. The summed E-state index contributed by atoms with van der Waals surface area (Å²) in [7, 11) is 3.13. The van der Waals surface area contributed by atoms with Crippen LogP contribution in [0.5, 0.6) is 11.5 Å². The fourth-order valence-corrected chi connectivity index (χ4v) is 4.67. The van der Waals surface area contributed by atoms with Crippen molar-refractivity contribution >= 4 is 39.1 Å². The van der Waals surface area contributed by atoms with Gasteiger partial charge in [-0.05, 0) is 53.8 Å². The summed E-state index contributed by atoms with van der Waals surface area (Å²) < 4.78 is 13.3. The molecule has 1 N–H and O–H groups in total. The predicted octanol–water partition coefficient (Wildman–Crippen LogP) is 3.24. The second kappa shape index (κ2) is 10.1. The normalized spacial score (nSPS) is 10.9. The van der Waals surface area contributed by atoms with E-state index in [-0.39, 0.29) is 12.5 Å². The van der Waals surface area contributed by atoms with Crippen LogP contribution in [-0.4, -0.2) is 35.8 Å². The van der Waals surface area contributed by atoms with Gasteiger partial charge in [-0.3, -0.25) is 14.2 Å². The van der Waals surface area contributed by atoms with E-state index in [4.69, 9.17) is 21.1 Å². The Hall–Kier alpha value is -3.56. The number of nitrogens with one attached hydrogen (secondary N) is 1. The molecule has 8 nitrogen and oxygen atoms in total. The molecule has 1 amide bonds. The molecule has 0 aliphatic carbocycles. The highest BCUT2D eigenvalue weighted by molar-refractivity contribution is 7.17. The van der Waals surface area contributed by atoms with Crippen LogP contribution >= 0.6 is 22.9 Å². The molecule has 0 aliphatic rings. The maximum Gasteiger partial charge on any atom is 0.336 e. The molecule has 34 heavy (non-hydrogen) atoms. The Morgan fingerprint density at radius 3 is 2.59 bits per heavy atom. The van der Waals surface area contributed by atoms with Crippen LogP contribution in [0, 0.1) is 0 Å². The Bertz CT molecular complexity index is 1470. The molecule has 0 fully saturated rings. The number of fused-ring (bicyclic) bond motifs is 1. The molecular formula is C24H22ClN3O5S. The van der Waals surface area contributed by atoms with E-state index in [2.05, 4.69) is 5.32 Å². The zero-order chi connectivity index (χ0) is 24.2. The number of hydrogen-bond donors (Lipinski definition) is 1. The number of carbonyl (C=O) groups is 1. The molecule has 0 bridgehead atoms. The third kappa shape index (κ3) is 4.71. The van der Waals surface area contributed by atoms with Crippen LogP contribution in [0.2, 0.25) is 5.02 Å². The number of ether oxygens (including phenoxy) is 2. The molecule has 0 radical (unpaired) electrons. The van der Waals surface area contributed by atoms with Crippen LogP contribution in [0.15, 0.2) is 63.5 Å². The molecule has 0 atom stereocenters. The number of rotatable bonds is 8. The molecule has 0 spiro atoms. The molecule has 2 heterocycles. The molecule has 2 aromatic heterocycles. The van der Waals surface area contributed by atoms with E-state index < -0.39 is 11.2 Å². The quantitative estimate of drug-likeness (QED) is 0.402. The molecule has 0 saturated carbocycles. The van der Waals surface area contributed by atoms with Crippen molar-refractivity contribution in [2.45, 2.75) is 13.0 Å². The van der Waals surface area contributed by atoms with Gasteiger partial charge in [-0.15, -0.1) is 11.3 Å². The Morgan fingerprint density at radius 1 is 1.06 bits per heavy atom. The molecule has 2 aromatic carbocycles. The van der Waals surface area contributed by atoms with E-state index >= 15 is 0 Å². The zero-order valence-electron chi connectivity index (χ0n) is 18.5. The SMILES string of the molecule is COc1ccc(CCNC(=O)Cn2c(=O)n(-c3cccc(Cl)c3)c(=O)c3sccc32)cc1OC. The van der Waals surface area contributed by atoms with Crippen molar-refractivity contribution in [3.05, 3.63) is 85.3 Å². The number of hydrogen-bond acceptors (Lipinski definition) is 6.